The smallest absolute Gasteiger partial charge is 0.174 e. The van der Waals surface area contributed by atoms with E-state index < -0.39 is 0 Å². The highest BCUT2D eigenvalue weighted by molar-refractivity contribution is 5.28. The van der Waals surface area contributed by atoms with Crippen LogP contribution in [0.5, 0.6) is 5.75 Å². The second-order valence-electron chi connectivity index (χ2n) is 5.09. The summed E-state index contributed by atoms with van der Waals surface area (Å²) in [5, 5.41) is 12.1. The Kier molecular flexibility index (Phi) is 5.20. The molecule has 102 valence electrons. The molecule has 3 N–H and O–H groups in total. The topological polar surface area (TPSA) is 71.1 Å². The van der Waals surface area contributed by atoms with Gasteiger partial charge in [0.15, 0.2) is 6.61 Å². The van der Waals surface area contributed by atoms with Crippen LogP contribution in [0.15, 0.2) is 24.3 Å². The molecule has 4 nitrogen and oxygen atoms in total. The molecule has 1 aromatic carbocycles. The van der Waals surface area contributed by atoms with Crippen LogP contribution in [-0.4, -0.2) is 18.7 Å². The van der Waals surface area contributed by atoms with Crippen LogP contribution in [0.3, 0.4) is 0 Å². The van der Waals surface area contributed by atoms with Crippen molar-refractivity contribution in [2.24, 2.45) is 5.73 Å². The molecule has 1 fully saturated rings. The molecule has 19 heavy (non-hydrogen) atoms. The summed E-state index contributed by atoms with van der Waals surface area (Å²) in [6.07, 6.45) is 4.55. The van der Waals surface area contributed by atoms with Crippen LogP contribution >= 0.6 is 0 Å². The Morgan fingerprint density at radius 3 is 2.84 bits per heavy atom. The Labute approximate surface area is 114 Å². The zero-order valence-corrected chi connectivity index (χ0v) is 11.1. The fraction of sp³-hybridized carbons (Fsp3) is 0.533. The largest absolute Gasteiger partial charge is 0.479 e. The summed E-state index contributed by atoms with van der Waals surface area (Å²) in [5.74, 6) is 0.756. The molecule has 1 aliphatic carbocycles. The highest BCUT2D eigenvalue weighted by atomic mass is 16.5. The number of nitrogens with two attached hydrogens (primary N) is 1. The lowest BCUT2D eigenvalue weighted by molar-refractivity contribution is 0.341. The van der Waals surface area contributed by atoms with Gasteiger partial charge in [0, 0.05) is 18.6 Å². The molecule has 0 unspecified atom stereocenters. The molecule has 4 heteroatoms. The molecule has 0 bridgehead atoms. The van der Waals surface area contributed by atoms with Crippen molar-refractivity contribution >= 4 is 0 Å². The number of hydrogen-bond donors (Lipinski definition) is 2. The van der Waals surface area contributed by atoms with Gasteiger partial charge in [0.2, 0.25) is 0 Å². The third kappa shape index (κ3) is 4.55. The van der Waals surface area contributed by atoms with Gasteiger partial charge in [-0.1, -0.05) is 12.1 Å². The maximum absolute atomic E-state index is 8.49. The first-order chi connectivity index (χ1) is 9.28. The van der Waals surface area contributed by atoms with Gasteiger partial charge < -0.3 is 15.8 Å². The van der Waals surface area contributed by atoms with Crippen molar-refractivity contribution in [2.75, 3.05) is 6.61 Å². The van der Waals surface area contributed by atoms with E-state index in [1.54, 1.807) is 0 Å². The molecule has 1 aliphatic rings. The predicted octanol–water partition coefficient (Wildman–Crippen LogP) is 1.95. The van der Waals surface area contributed by atoms with Gasteiger partial charge in [-0.15, -0.1) is 0 Å². The molecule has 1 aromatic rings. The minimum Gasteiger partial charge on any atom is -0.479 e. The minimum absolute atomic E-state index is 0.0946. The summed E-state index contributed by atoms with van der Waals surface area (Å²) in [7, 11) is 0. The number of nitrogens with zero attached hydrogens (tertiary/aromatic N) is 1. The molecule has 0 atom stereocenters. The quantitative estimate of drug-likeness (QED) is 0.848. The Bertz CT molecular complexity index is 433. The number of benzene rings is 1. The highest BCUT2D eigenvalue weighted by Gasteiger charge is 2.17. The second kappa shape index (κ2) is 7.13. The van der Waals surface area contributed by atoms with E-state index in [1.807, 2.05) is 24.3 Å². The Morgan fingerprint density at radius 2 is 2.11 bits per heavy atom. The zero-order chi connectivity index (χ0) is 13.5. The van der Waals surface area contributed by atoms with Crippen LogP contribution in [0.1, 0.15) is 31.2 Å². The van der Waals surface area contributed by atoms with Crippen LogP contribution in [0.4, 0.5) is 0 Å². The zero-order valence-electron chi connectivity index (χ0n) is 11.1. The number of nitriles is 1. The summed E-state index contributed by atoms with van der Waals surface area (Å²) in [4.78, 5) is 0. The lowest BCUT2D eigenvalue weighted by atomic mass is 9.92. The molecule has 0 saturated heterocycles. The fourth-order valence-corrected chi connectivity index (χ4v) is 2.45. The van der Waals surface area contributed by atoms with Crippen molar-refractivity contribution in [3.8, 4) is 11.8 Å². The van der Waals surface area contributed by atoms with Crippen LogP contribution in [0, 0.1) is 11.3 Å². The van der Waals surface area contributed by atoms with E-state index in [1.165, 1.54) is 5.56 Å². The van der Waals surface area contributed by atoms with Crippen LogP contribution in [0.2, 0.25) is 0 Å². The molecule has 1 saturated carbocycles. The summed E-state index contributed by atoms with van der Waals surface area (Å²) >= 11 is 0. The summed E-state index contributed by atoms with van der Waals surface area (Å²) < 4.78 is 5.30. The predicted molar refractivity (Wildman–Crippen MR) is 74.6 cm³/mol. The Balaban J connectivity index is 1.80. The average Bonchev–Trinajstić information content (AvgIpc) is 2.45. The summed E-state index contributed by atoms with van der Waals surface area (Å²) in [5.41, 5.74) is 7.09. The standard InChI is InChI=1S/C15H21N3O/c16-8-9-19-15-3-1-2-12(10-15)11-18-14-6-4-13(17)5-7-14/h1-3,10,13-14,18H,4-7,9,11,17H2. The summed E-state index contributed by atoms with van der Waals surface area (Å²) in [6, 6.07) is 10.8. The monoisotopic (exact) mass is 259 g/mol. The first-order valence-corrected chi connectivity index (χ1v) is 6.85. The van der Waals surface area contributed by atoms with Crippen molar-refractivity contribution in [3.05, 3.63) is 29.8 Å². The summed E-state index contributed by atoms with van der Waals surface area (Å²) in [6.45, 7) is 0.932. The number of nitrogens with one attached hydrogen (secondary N) is 1. The van der Waals surface area contributed by atoms with E-state index >= 15 is 0 Å². The van der Waals surface area contributed by atoms with Gasteiger partial charge in [0.25, 0.3) is 0 Å². The van der Waals surface area contributed by atoms with E-state index in [-0.39, 0.29) is 6.61 Å². The Morgan fingerprint density at radius 1 is 1.32 bits per heavy atom. The van der Waals surface area contributed by atoms with Gasteiger partial charge in [0.1, 0.15) is 11.8 Å². The average molecular weight is 259 g/mol. The molecule has 0 aliphatic heterocycles. The van der Waals surface area contributed by atoms with Gasteiger partial charge >= 0.3 is 0 Å². The number of rotatable bonds is 5. The molecular formula is C15H21N3O. The normalized spacial score (nSPS) is 22.7. The molecule has 0 heterocycles. The van der Waals surface area contributed by atoms with Crippen LogP contribution in [0.25, 0.3) is 0 Å². The van der Waals surface area contributed by atoms with Crippen molar-refractivity contribution in [3.63, 3.8) is 0 Å². The first kappa shape index (κ1) is 13.9. The first-order valence-electron chi connectivity index (χ1n) is 6.85. The molecule has 2 rings (SSSR count). The van der Waals surface area contributed by atoms with Gasteiger partial charge in [-0.3, -0.25) is 0 Å². The molecule has 0 spiro atoms. The van der Waals surface area contributed by atoms with Crippen LogP contribution < -0.4 is 15.8 Å². The number of ether oxygens (including phenoxy) is 1. The fourth-order valence-electron chi connectivity index (χ4n) is 2.45. The van der Waals surface area contributed by atoms with Crippen molar-refractivity contribution < 1.29 is 4.74 Å². The third-order valence-corrected chi connectivity index (χ3v) is 3.57. The van der Waals surface area contributed by atoms with E-state index in [0.29, 0.717) is 12.1 Å². The van der Waals surface area contributed by atoms with Gasteiger partial charge in [-0.25, -0.2) is 0 Å². The molecular weight excluding hydrogens is 238 g/mol. The maximum atomic E-state index is 8.49. The lowest BCUT2D eigenvalue weighted by Crippen LogP contribution is -2.37. The maximum Gasteiger partial charge on any atom is 0.174 e. The SMILES string of the molecule is N#CCOc1cccc(CNC2CCC(N)CC2)c1. The Hall–Kier alpha value is -1.57. The molecule has 0 aromatic heterocycles. The van der Waals surface area contributed by atoms with Gasteiger partial charge in [-0.05, 0) is 43.4 Å². The van der Waals surface area contributed by atoms with Gasteiger partial charge in [0.05, 0.1) is 0 Å². The van der Waals surface area contributed by atoms with Crippen molar-refractivity contribution in [1.29, 1.82) is 5.26 Å². The molecule has 0 radical (unpaired) electrons. The van der Waals surface area contributed by atoms with Crippen molar-refractivity contribution in [2.45, 2.75) is 44.3 Å². The lowest BCUT2D eigenvalue weighted by Gasteiger charge is -2.27. The van der Waals surface area contributed by atoms with Crippen LogP contribution in [-0.2, 0) is 6.54 Å². The van der Waals surface area contributed by atoms with Gasteiger partial charge in [-0.2, -0.15) is 5.26 Å². The van der Waals surface area contributed by atoms with E-state index in [9.17, 15) is 0 Å². The van der Waals surface area contributed by atoms with E-state index in [4.69, 9.17) is 15.7 Å². The highest BCUT2D eigenvalue weighted by Crippen LogP contribution is 2.18. The van der Waals surface area contributed by atoms with Crippen molar-refractivity contribution in [1.82, 2.24) is 5.32 Å². The molecule has 0 amide bonds. The van der Waals surface area contributed by atoms with E-state index in [2.05, 4.69) is 11.4 Å². The van der Waals surface area contributed by atoms with E-state index in [0.717, 1.165) is 38.0 Å². The number of hydrogen-bond acceptors (Lipinski definition) is 4. The minimum atomic E-state index is 0.0946. The third-order valence-electron chi connectivity index (χ3n) is 3.57. The second-order valence-corrected chi connectivity index (χ2v) is 5.09.